The van der Waals surface area contributed by atoms with Gasteiger partial charge < -0.3 is 9.79 Å². The van der Waals surface area contributed by atoms with Gasteiger partial charge in [-0.05, 0) is 31.1 Å². The highest BCUT2D eigenvalue weighted by Crippen LogP contribution is 2.38. The number of aromatic nitrogens is 3. The fraction of sp³-hybridized carbons (Fsp3) is 0.538. The molecule has 2 heterocycles. The standard InChI is InChI=1S/C13H20N3O3PS/c1-2-3-4-11-9-12(6-8-21-10-20(17,18)19)16-13(15-11)5-7-14-16/h5,7,9H,2-4,6,8,10H2,1H3,(H2,17,18,19). The third kappa shape index (κ3) is 5.11. The molecule has 0 atom stereocenters. The molecule has 0 aliphatic rings. The number of thioether (sulfide) groups is 1. The molecule has 0 spiro atoms. The first-order valence-corrected chi connectivity index (χ1v) is 9.89. The van der Waals surface area contributed by atoms with Gasteiger partial charge in [0.2, 0.25) is 0 Å². The van der Waals surface area contributed by atoms with Crippen molar-refractivity contribution in [1.29, 1.82) is 0 Å². The Morgan fingerprint density at radius 3 is 2.90 bits per heavy atom. The van der Waals surface area contributed by atoms with Gasteiger partial charge in [-0.2, -0.15) is 5.10 Å². The number of fused-ring (bicyclic) bond motifs is 1. The summed E-state index contributed by atoms with van der Waals surface area (Å²) in [6, 6.07) is 3.93. The molecule has 21 heavy (non-hydrogen) atoms. The predicted octanol–water partition coefficient (Wildman–Crippen LogP) is 2.48. The van der Waals surface area contributed by atoms with Crippen molar-refractivity contribution in [2.75, 3.05) is 11.2 Å². The molecule has 0 aliphatic carbocycles. The monoisotopic (exact) mass is 329 g/mol. The van der Waals surface area contributed by atoms with Crippen molar-refractivity contribution < 1.29 is 14.4 Å². The molecule has 8 heteroatoms. The van der Waals surface area contributed by atoms with E-state index in [1.807, 2.05) is 12.1 Å². The zero-order valence-electron chi connectivity index (χ0n) is 12.0. The average Bonchev–Trinajstić information content (AvgIpc) is 2.88. The highest BCUT2D eigenvalue weighted by Gasteiger charge is 2.13. The quantitative estimate of drug-likeness (QED) is 0.571. The summed E-state index contributed by atoms with van der Waals surface area (Å²) in [5.41, 5.74) is 2.79. The van der Waals surface area contributed by atoms with Gasteiger partial charge >= 0.3 is 7.60 Å². The van der Waals surface area contributed by atoms with E-state index in [0.29, 0.717) is 12.2 Å². The molecule has 0 amide bonds. The molecule has 0 saturated carbocycles. The van der Waals surface area contributed by atoms with Crippen LogP contribution in [0.4, 0.5) is 0 Å². The number of hydrogen-bond acceptors (Lipinski definition) is 4. The van der Waals surface area contributed by atoms with Crippen LogP contribution in [0.3, 0.4) is 0 Å². The first-order chi connectivity index (χ1) is 9.99. The van der Waals surface area contributed by atoms with E-state index in [0.717, 1.165) is 36.3 Å². The second-order valence-electron chi connectivity index (χ2n) is 4.90. The van der Waals surface area contributed by atoms with Crippen LogP contribution >= 0.6 is 19.4 Å². The van der Waals surface area contributed by atoms with Crippen molar-refractivity contribution in [1.82, 2.24) is 14.6 Å². The highest BCUT2D eigenvalue weighted by molar-refractivity contribution is 8.04. The first kappa shape index (κ1) is 16.5. The minimum atomic E-state index is -3.92. The van der Waals surface area contributed by atoms with Crippen LogP contribution in [-0.2, 0) is 17.4 Å². The van der Waals surface area contributed by atoms with Crippen molar-refractivity contribution in [3.63, 3.8) is 0 Å². The number of hydrogen-bond donors (Lipinski definition) is 2. The van der Waals surface area contributed by atoms with Crippen LogP contribution in [0, 0.1) is 0 Å². The Bertz CT molecular complexity index is 641. The molecule has 0 fully saturated rings. The van der Waals surface area contributed by atoms with Gasteiger partial charge in [-0.15, -0.1) is 11.8 Å². The number of unbranched alkanes of at least 4 members (excludes halogenated alkanes) is 1. The molecule has 2 N–H and O–H groups in total. The molecule has 0 aromatic carbocycles. The average molecular weight is 329 g/mol. The maximum Gasteiger partial charge on any atom is 0.335 e. The molecular formula is C13H20N3O3PS. The second kappa shape index (κ2) is 7.40. The summed E-state index contributed by atoms with van der Waals surface area (Å²) in [5.74, 6) is 0.650. The van der Waals surface area contributed by atoms with Gasteiger partial charge in [0.05, 0.1) is 11.7 Å². The predicted molar refractivity (Wildman–Crippen MR) is 84.7 cm³/mol. The van der Waals surface area contributed by atoms with Crippen LogP contribution in [-0.4, -0.2) is 35.6 Å². The highest BCUT2D eigenvalue weighted by atomic mass is 32.2. The minimum absolute atomic E-state index is 0.136. The Morgan fingerprint density at radius 1 is 1.38 bits per heavy atom. The van der Waals surface area contributed by atoms with Crippen LogP contribution in [0.1, 0.15) is 31.2 Å². The molecule has 116 valence electrons. The third-order valence-corrected chi connectivity index (χ3v) is 5.60. The number of rotatable bonds is 8. The van der Waals surface area contributed by atoms with Gasteiger partial charge in [-0.3, -0.25) is 4.57 Å². The van der Waals surface area contributed by atoms with E-state index in [-0.39, 0.29) is 5.49 Å². The maximum atomic E-state index is 10.8. The molecule has 6 nitrogen and oxygen atoms in total. The summed E-state index contributed by atoms with van der Waals surface area (Å²) in [7, 11) is -3.92. The lowest BCUT2D eigenvalue weighted by molar-refractivity contribution is 0.379. The number of aryl methyl sites for hydroxylation is 2. The molecule has 2 rings (SSSR count). The van der Waals surface area contributed by atoms with Gasteiger partial charge in [0.15, 0.2) is 5.65 Å². The fourth-order valence-corrected chi connectivity index (χ4v) is 3.88. The fourth-order valence-electron chi connectivity index (χ4n) is 2.06. The zero-order valence-corrected chi connectivity index (χ0v) is 13.7. The van der Waals surface area contributed by atoms with Crippen LogP contribution in [0.25, 0.3) is 5.65 Å². The minimum Gasteiger partial charge on any atom is -0.324 e. The van der Waals surface area contributed by atoms with E-state index in [2.05, 4.69) is 17.0 Å². The van der Waals surface area contributed by atoms with Crippen molar-refractivity contribution >= 4 is 25.0 Å². The summed E-state index contributed by atoms with van der Waals surface area (Å²) >= 11 is 1.27. The summed E-state index contributed by atoms with van der Waals surface area (Å²) < 4.78 is 12.6. The summed E-state index contributed by atoms with van der Waals surface area (Å²) in [6.45, 7) is 2.15. The lowest BCUT2D eigenvalue weighted by Crippen LogP contribution is -2.05. The normalized spacial score (nSPS) is 12.1. The number of nitrogens with zero attached hydrogens (tertiary/aromatic N) is 3. The largest absolute Gasteiger partial charge is 0.335 e. The smallest absolute Gasteiger partial charge is 0.324 e. The Hall–Kier alpha value is -0.880. The summed E-state index contributed by atoms with van der Waals surface area (Å²) in [4.78, 5) is 22.3. The molecular weight excluding hydrogens is 309 g/mol. The van der Waals surface area contributed by atoms with Crippen LogP contribution < -0.4 is 0 Å². The van der Waals surface area contributed by atoms with E-state index >= 15 is 0 Å². The van der Waals surface area contributed by atoms with Crippen molar-refractivity contribution in [3.05, 3.63) is 29.7 Å². The molecule has 0 unspecified atom stereocenters. The van der Waals surface area contributed by atoms with Crippen molar-refractivity contribution in [3.8, 4) is 0 Å². The second-order valence-corrected chi connectivity index (χ2v) is 8.07. The lowest BCUT2D eigenvalue weighted by Gasteiger charge is -2.08. The first-order valence-electron chi connectivity index (χ1n) is 6.94. The third-order valence-electron chi connectivity index (χ3n) is 3.03. The Morgan fingerprint density at radius 2 is 2.19 bits per heavy atom. The van der Waals surface area contributed by atoms with Crippen LogP contribution in [0.2, 0.25) is 0 Å². The van der Waals surface area contributed by atoms with Gasteiger partial charge in [-0.25, -0.2) is 9.50 Å². The summed E-state index contributed by atoms with van der Waals surface area (Å²) in [5, 5.41) is 4.26. The molecule has 2 aromatic heterocycles. The zero-order chi connectivity index (χ0) is 15.3. The molecule has 0 bridgehead atoms. The van der Waals surface area contributed by atoms with Crippen LogP contribution in [0.15, 0.2) is 18.3 Å². The van der Waals surface area contributed by atoms with Gasteiger partial charge in [0.1, 0.15) is 0 Å². The molecule has 2 aromatic rings. The summed E-state index contributed by atoms with van der Waals surface area (Å²) in [6.07, 6.45) is 5.60. The van der Waals surface area contributed by atoms with Crippen molar-refractivity contribution in [2.24, 2.45) is 0 Å². The van der Waals surface area contributed by atoms with Crippen LogP contribution in [0.5, 0.6) is 0 Å². The van der Waals surface area contributed by atoms with Crippen molar-refractivity contribution in [2.45, 2.75) is 32.6 Å². The topological polar surface area (TPSA) is 87.7 Å². The van der Waals surface area contributed by atoms with Gasteiger partial charge in [0, 0.05) is 17.5 Å². The van der Waals surface area contributed by atoms with E-state index in [1.165, 1.54) is 11.8 Å². The van der Waals surface area contributed by atoms with Gasteiger partial charge in [0.25, 0.3) is 0 Å². The molecule has 0 aliphatic heterocycles. The lowest BCUT2D eigenvalue weighted by atomic mass is 10.1. The Balaban J connectivity index is 2.06. The molecule has 0 radical (unpaired) electrons. The van der Waals surface area contributed by atoms with Gasteiger partial charge in [-0.1, -0.05) is 13.3 Å². The van der Waals surface area contributed by atoms with E-state index in [9.17, 15) is 4.57 Å². The Labute approximate surface area is 128 Å². The SMILES string of the molecule is CCCCc1cc(CCSCP(=O)(O)O)n2nccc2n1. The van der Waals surface area contributed by atoms with E-state index < -0.39 is 7.60 Å². The Kier molecular flexibility index (Phi) is 5.81. The van der Waals surface area contributed by atoms with E-state index in [4.69, 9.17) is 9.79 Å². The molecule has 0 saturated heterocycles. The maximum absolute atomic E-state index is 10.8. The van der Waals surface area contributed by atoms with E-state index in [1.54, 1.807) is 10.7 Å².